The van der Waals surface area contributed by atoms with Crippen LogP contribution < -0.4 is 5.32 Å². The maximum atomic E-state index is 12.8. The van der Waals surface area contributed by atoms with Crippen LogP contribution in [0.5, 0.6) is 0 Å². The molecule has 27 heavy (non-hydrogen) atoms. The Kier molecular flexibility index (Phi) is 7.57. The number of hydrogen-bond acceptors (Lipinski definition) is 2. The minimum Gasteiger partial charge on any atom is -0.338 e. The van der Waals surface area contributed by atoms with E-state index in [1.165, 1.54) is 57.3 Å². The molecular formula is C23H37N3O. The Labute approximate surface area is 165 Å². The number of amides is 2. The van der Waals surface area contributed by atoms with E-state index in [2.05, 4.69) is 48.3 Å². The fourth-order valence-electron chi connectivity index (χ4n) is 3.95. The zero-order valence-electron chi connectivity index (χ0n) is 17.2. The van der Waals surface area contributed by atoms with E-state index in [9.17, 15) is 4.79 Å². The van der Waals surface area contributed by atoms with E-state index in [0.717, 1.165) is 25.4 Å². The second kappa shape index (κ2) is 10.1. The van der Waals surface area contributed by atoms with Gasteiger partial charge >= 0.3 is 6.03 Å². The van der Waals surface area contributed by atoms with Gasteiger partial charge in [0.25, 0.3) is 0 Å². The fourth-order valence-corrected chi connectivity index (χ4v) is 3.95. The largest absolute Gasteiger partial charge is 0.338 e. The number of hydrogen-bond donors (Lipinski definition) is 1. The van der Waals surface area contributed by atoms with Gasteiger partial charge in [-0.1, -0.05) is 37.3 Å². The highest BCUT2D eigenvalue weighted by Gasteiger charge is 2.30. The van der Waals surface area contributed by atoms with E-state index >= 15 is 0 Å². The van der Waals surface area contributed by atoms with Gasteiger partial charge in [-0.15, -0.1) is 0 Å². The molecule has 1 aliphatic carbocycles. The van der Waals surface area contributed by atoms with Gasteiger partial charge in [0.05, 0.1) is 6.04 Å². The molecule has 2 amide bonds. The van der Waals surface area contributed by atoms with E-state index in [-0.39, 0.29) is 12.1 Å². The first-order valence-electron chi connectivity index (χ1n) is 10.9. The molecule has 1 aromatic carbocycles. The molecule has 2 fully saturated rings. The molecular weight excluding hydrogens is 334 g/mol. The monoisotopic (exact) mass is 371 g/mol. The van der Waals surface area contributed by atoms with Crippen LogP contribution in [0.4, 0.5) is 4.79 Å². The minimum atomic E-state index is 0.102. The first-order valence-corrected chi connectivity index (χ1v) is 10.9. The van der Waals surface area contributed by atoms with Crippen molar-refractivity contribution in [3.63, 3.8) is 0 Å². The molecule has 0 bridgehead atoms. The van der Waals surface area contributed by atoms with Gasteiger partial charge in [0.1, 0.15) is 0 Å². The molecule has 0 spiro atoms. The topological polar surface area (TPSA) is 35.6 Å². The smallest absolute Gasteiger partial charge is 0.317 e. The molecule has 4 nitrogen and oxygen atoms in total. The average molecular weight is 372 g/mol. The summed E-state index contributed by atoms with van der Waals surface area (Å²) < 4.78 is 0. The molecule has 1 atom stereocenters. The zero-order valence-corrected chi connectivity index (χ0v) is 17.2. The van der Waals surface area contributed by atoms with Gasteiger partial charge in [-0.2, -0.15) is 0 Å². The zero-order chi connectivity index (χ0) is 19.1. The van der Waals surface area contributed by atoms with Crippen LogP contribution in [0.15, 0.2) is 30.3 Å². The summed E-state index contributed by atoms with van der Waals surface area (Å²) >= 11 is 0. The normalized spacial score (nSPS) is 19.6. The molecule has 1 heterocycles. The number of piperidine rings is 1. The van der Waals surface area contributed by atoms with Gasteiger partial charge in [0, 0.05) is 13.1 Å². The van der Waals surface area contributed by atoms with Crippen molar-refractivity contribution in [1.82, 2.24) is 15.1 Å². The minimum absolute atomic E-state index is 0.102. The Bertz CT molecular complexity index is 564. The molecule has 2 aliphatic rings. The number of benzene rings is 1. The second-order valence-corrected chi connectivity index (χ2v) is 8.65. The first-order chi connectivity index (χ1) is 13.1. The van der Waals surface area contributed by atoms with Gasteiger partial charge in [-0.25, -0.2) is 4.79 Å². The number of nitrogens with one attached hydrogen (secondary N) is 1. The number of likely N-dealkylation sites (tertiary alicyclic amines) is 1. The maximum absolute atomic E-state index is 12.8. The molecule has 3 rings (SSSR count). The number of rotatable bonds is 9. The summed E-state index contributed by atoms with van der Waals surface area (Å²) in [5.41, 5.74) is 1.22. The Morgan fingerprint density at radius 3 is 2.52 bits per heavy atom. The van der Waals surface area contributed by atoms with Crippen molar-refractivity contribution >= 4 is 6.03 Å². The summed E-state index contributed by atoms with van der Waals surface area (Å²) in [5, 5.41) is 3.18. The van der Waals surface area contributed by atoms with Crippen LogP contribution in [-0.4, -0.2) is 48.6 Å². The molecule has 150 valence electrons. The highest BCUT2D eigenvalue weighted by Crippen LogP contribution is 2.32. The average Bonchev–Trinajstić information content (AvgIpc) is 3.51. The predicted molar refractivity (Wildman–Crippen MR) is 112 cm³/mol. The van der Waals surface area contributed by atoms with E-state index < -0.39 is 0 Å². The van der Waals surface area contributed by atoms with Crippen molar-refractivity contribution in [3.05, 3.63) is 35.9 Å². The van der Waals surface area contributed by atoms with Gasteiger partial charge < -0.3 is 15.1 Å². The fraction of sp³-hybridized carbons (Fsp3) is 0.696. The number of carbonyl (C=O) groups excluding carboxylic acids is 1. The molecule has 1 saturated carbocycles. The Balaban J connectivity index is 1.40. The predicted octanol–water partition coefficient (Wildman–Crippen LogP) is 4.68. The van der Waals surface area contributed by atoms with Crippen molar-refractivity contribution in [2.45, 2.75) is 58.4 Å². The van der Waals surface area contributed by atoms with Gasteiger partial charge in [0.15, 0.2) is 0 Å². The quantitative estimate of drug-likeness (QED) is 0.640. The number of carbonyl (C=O) groups is 1. The standard InChI is InChI=1S/C23H37N3O/c1-19-12-16-25(17-13-19)15-7-6-14-24-23(27)26(18-21-10-11-21)20(2)22-8-4-3-5-9-22/h3-5,8-9,19-21H,6-7,10-18H2,1-2H3,(H,24,27). The number of nitrogens with zero attached hydrogens (tertiary/aromatic N) is 2. The van der Waals surface area contributed by atoms with Crippen LogP contribution >= 0.6 is 0 Å². The Hall–Kier alpha value is -1.55. The maximum Gasteiger partial charge on any atom is 0.317 e. The molecule has 1 unspecified atom stereocenters. The summed E-state index contributed by atoms with van der Waals surface area (Å²) in [7, 11) is 0. The third kappa shape index (κ3) is 6.53. The second-order valence-electron chi connectivity index (χ2n) is 8.65. The van der Waals surface area contributed by atoms with E-state index in [1.807, 2.05) is 11.0 Å². The Morgan fingerprint density at radius 1 is 1.15 bits per heavy atom. The summed E-state index contributed by atoms with van der Waals surface area (Å²) in [6.07, 6.45) is 7.44. The summed E-state index contributed by atoms with van der Waals surface area (Å²) in [5.74, 6) is 1.59. The lowest BCUT2D eigenvalue weighted by atomic mass is 9.99. The molecule has 1 N–H and O–H groups in total. The van der Waals surface area contributed by atoms with E-state index in [1.54, 1.807) is 0 Å². The third-order valence-electron chi connectivity index (χ3n) is 6.22. The van der Waals surface area contributed by atoms with Crippen LogP contribution in [-0.2, 0) is 0 Å². The van der Waals surface area contributed by atoms with Crippen LogP contribution in [0.2, 0.25) is 0 Å². The lowest BCUT2D eigenvalue weighted by Gasteiger charge is -2.31. The summed E-state index contributed by atoms with van der Waals surface area (Å²) in [4.78, 5) is 17.4. The van der Waals surface area contributed by atoms with Gasteiger partial charge in [-0.05, 0) is 82.5 Å². The number of urea groups is 1. The van der Waals surface area contributed by atoms with Crippen LogP contribution in [0.1, 0.15) is 64.0 Å². The van der Waals surface area contributed by atoms with Crippen molar-refractivity contribution in [1.29, 1.82) is 0 Å². The summed E-state index contributed by atoms with van der Waals surface area (Å²) in [6, 6.07) is 10.6. The molecule has 0 radical (unpaired) electrons. The molecule has 0 aromatic heterocycles. The third-order valence-corrected chi connectivity index (χ3v) is 6.22. The lowest BCUT2D eigenvalue weighted by molar-refractivity contribution is 0.174. The molecule has 1 aromatic rings. The van der Waals surface area contributed by atoms with E-state index in [4.69, 9.17) is 0 Å². The van der Waals surface area contributed by atoms with Crippen LogP contribution in [0.3, 0.4) is 0 Å². The molecule has 4 heteroatoms. The van der Waals surface area contributed by atoms with Gasteiger partial charge in [0.2, 0.25) is 0 Å². The van der Waals surface area contributed by atoms with Crippen molar-refractivity contribution in [2.24, 2.45) is 11.8 Å². The van der Waals surface area contributed by atoms with Crippen molar-refractivity contribution < 1.29 is 4.79 Å². The molecule has 1 saturated heterocycles. The first kappa shape index (κ1) is 20.2. The van der Waals surface area contributed by atoms with E-state index in [0.29, 0.717) is 5.92 Å². The Morgan fingerprint density at radius 2 is 1.85 bits per heavy atom. The van der Waals surface area contributed by atoms with Gasteiger partial charge in [-0.3, -0.25) is 0 Å². The molecule has 1 aliphatic heterocycles. The highest BCUT2D eigenvalue weighted by molar-refractivity contribution is 5.74. The van der Waals surface area contributed by atoms with Crippen LogP contribution in [0.25, 0.3) is 0 Å². The lowest BCUT2D eigenvalue weighted by Crippen LogP contribution is -2.43. The SMILES string of the molecule is CC1CCN(CCCCNC(=O)N(CC2CC2)C(C)c2ccccc2)CC1. The number of unbranched alkanes of at least 4 members (excludes halogenated alkanes) is 1. The highest BCUT2D eigenvalue weighted by atomic mass is 16.2. The summed E-state index contributed by atoms with van der Waals surface area (Å²) in [6.45, 7) is 9.84. The van der Waals surface area contributed by atoms with Crippen molar-refractivity contribution in [3.8, 4) is 0 Å². The van der Waals surface area contributed by atoms with Crippen molar-refractivity contribution in [2.75, 3.05) is 32.7 Å². The van der Waals surface area contributed by atoms with Crippen LogP contribution in [0, 0.1) is 11.8 Å².